The largest absolute Gasteiger partial charge is 0.385 e. The Morgan fingerprint density at radius 1 is 1.15 bits per heavy atom. The van der Waals surface area contributed by atoms with E-state index in [0.717, 1.165) is 48.7 Å². The number of ether oxygens (including phenoxy) is 1. The first-order chi connectivity index (χ1) is 12.7. The number of benzene rings is 2. The third-order valence-corrected chi connectivity index (χ3v) is 5.09. The predicted octanol–water partition coefficient (Wildman–Crippen LogP) is 1.63. The van der Waals surface area contributed by atoms with Crippen molar-refractivity contribution in [2.45, 2.75) is 12.6 Å². The summed E-state index contributed by atoms with van der Waals surface area (Å²) in [6.07, 6.45) is -0.446. The SMILES string of the molecule is O[C@H](Cn1c(-c2cccc(Cl)c2)nc2ccccc21)C[NH+]1CCOCC1. The number of halogens is 1. The van der Waals surface area contributed by atoms with Gasteiger partial charge >= 0.3 is 0 Å². The van der Waals surface area contributed by atoms with E-state index in [-0.39, 0.29) is 0 Å². The van der Waals surface area contributed by atoms with Crippen LogP contribution in [0.1, 0.15) is 0 Å². The quantitative estimate of drug-likeness (QED) is 0.715. The molecule has 0 radical (unpaired) electrons. The zero-order valence-corrected chi connectivity index (χ0v) is 15.3. The zero-order chi connectivity index (χ0) is 17.9. The summed E-state index contributed by atoms with van der Waals surface area (Å²) >= 11 is 6.18. The van der Waals surface area contributed by atoms with E-state index in [4.69, 9.17) is 21.3 Å². The minimum atomic E-state index is -0.446. The number of morpholine rings is 1. The molecule has 1 aliphatic rings. The van der Waals surface area contributed by atoms with Gasteiger partial charge in [0.15, 0.2) is 0 Å². The smallest absolute Gasteiger partial charge is 0.141 e. The molecule has 4 rings (SSSR count). The average Bonchev–Trinajstić information content (AvgIpc) is 3.01. The average molecular weight is 373 g/mol. The molecule has 1 atom stereocenters. The molecule has 5 nitrogen and oxygen atoms in total. The van der Waals surface area contributed by atoms with E-state index >= 15 is 0 Å². The molecule has 0 spiro atoms. The molecule has 0 amide bonds. The molecule has 1 fully saturated rings. The number of hydrogen-bond donors (Lipinski definition) is 2. The van der Waals surface area contributed by atoms with Crippen molar-refractivity contribution in [1.29, 1.82) is 0 Å². The Morgan fingerprint density at radius 3 is 2.77 bits per heavy atom. The van der Waals surface area contributed by atoms with Gasteiger partial charge in [-0.2, -0.15) is 0 Å². The van der Waals surface area contributed by atoms with E-state index in [0.29, 0.717) is 18.1 Å². The second-order valence-corrected chi connectivity index (χ2v) is 7.20. The van der Waals surface area contributed by atoms with Gasteiger partial charge in [-0.25, -0.2) is 4.98 Å². The van der Waals surface area contributed by atoms with E-state index in [2.05, 4.69) is 4.57 Å². The van der Waals surface area contributed by atoms with Gasteiger partial charge in [0.1, 0.15) is 31.6 Å². The summed E-state index contributed by atoms with van der Waals surface area (Å²) in [6, 6.07) is 15.7. The summed E-state index contributed by atoms with van der Waals surface area (Å²) in [5, 5.41) is 11.4. The number of rotatable bonds is 5. The van der Waals surface area contributed by atoms with Gasteiger partial charge in [-0.15, -0.1) is 0 Å². The number of aromatic nitrogens is 2. The molecule has 6 heteroatoms. The number of imidazole rings is 1. The Balaban J connectivity index is 1.65. The predicted molar refractivity (Wildman–Crippen MR) is 103 cm³/mol. The summed E-state index contributed by atoms with van der Waals surface area (Å²) in [5.41, 5.74) is 2.91. The van der Waals surface area contributed by atoms with Crippen LogP contribution < -0.4 is 4.90 Å². The zero-order valence-electron chi connectivity index (χ0n) is 14.6. The number of aliphatic hydroxyl groups is 1. The number of hydrogen-bond acceptors (Lipinski definition) is 3. The maximum absolute atomic E-state index is 10.7. The normalized spacial score (nSPS) is 16.8. The van der Waals surface area contributed by atoms with Gasteiger partial charge in [-0.1, -0.05) is 35.9 Å². The van der Waals surface area contributed by atoms with Crippen LogP contribution in [0.3, 0.4) is 0 Å². The van der Waals surface area contributed by atoms with Crippen molar-refractivity contribution in [3.63, 3.8) is 0 Å². The number of aliphatic hydroxyl groups excluding tert-OH is 1. The molecule has 0 unspecified atom stereocenters. The fourth-order valence-electron chi connectivity index (χ4n) is 3.58. The topological polar surface area (TPSA) is 51.7 Å². The van der Waals surface area contributed by atoms with E-state index in [1.165, 1.54) is 4.90 Å². The number of para-hydroxylation sites is 2. The van der Waals surface area contributed by atoms with Crippen LogP contribution in [0, 0.1) is 0 Å². The summed E-state index contributed by atoms with van der Waals surface area (Å²) in [5.74, 6) is 0.838. The molecule has 0 aliphatic carbocycles. The van der Waals surface area contributed by atoms with Crippen molar-refractivity contribution in [2.75, 3.05) is 32.8 Å². The van der Waals surface area contributed by atoms with Gasteiger partial charge in [0.2, 0.25) is 0 Å². The number of nitrogens with zero attached hydrogens (tertiary/aromatic N) is 2. The van der Waals surface area contributed by atoms with Crippen LogP contribution in [0.15, 0.2) is 48.5 Å². The van der Waals surface area contributed by atoms with Crippen molar-refractivity contribution in [1.82, 2.24) is 9.55 Å². The maximum atomic E-state index is 10.7. The lowest BCUT2D eigenvalue weighted by molar-refractivity contribution is -0.911. The molecule has 2 heterocycles. The fourth-order valence-corrected chi connectivity index (χ4v) is 3.77. The van der Waals surface area contributed by atoms with E-state index < -0.39 is 6.10 Å². The molecule has 0 saturated carbocycles. The van der Waals surface area contributed by atoms with Gasteiger partial charge in [0, 0.05) is 10.6 Å². The molecule has 2 N–H and O–H groups in total. The van der Waals surface area contributed by atoms with Crippen LogP contribution in [0.25, 0.3) is 22.4 Å². The molecule has 2 aromatic carbocycles. The van der Waals surface area contributed by atoms with Gasteiger partial charge in [-0.05, 0) is 24.3 Å². The summed E-state index contributed by atoms with van der Waals surface area (Å²) in [6.45, 7) is 4.65. The molecule has 0 bridgehead atoms. The molecule has 1 saturated heterocycles. The Hall–Kier alpha value is -1.92. The lowest BCUT2D eigenvalue weighted by Crippen LogP contribution is -3.15. The maximum Gasteiger partial charge on any atom is 0.141 e. The third-order valence-electron chi connectivity index (χ3n) is 4.85. The first-order valence-corrected chi connectivity index (χ1v) is 9.39. The van der Waals surface area contributed by atoms with Crippen molar-refractivity contribution >= 4 is 22.6 Å². The molecule has 1 aliphatic heterocycles. The number of fused-ring (bicyclic) bond motifs is 1. The summed E-state index contributed by atoms with van der Waals surface area (Å²) in [7, 11) is 0. The molecule has 1 aromatic heterocycles. The number of quaternary nitrogens is 1. The Kier molecular flexibility index (Phi) is 5.22. The van der Waals surface area contributed by atoms with E-state index in [1.807, 2.05) is 48.5 Å². The van der Waals surface area contributed by atoms with Crippen LogP contribution in [-0.2, 0) is 11.3 Å². The first-order valence-electron chi connectivity index (χ1n) is 9.01. The van der Waals surface area contributed by atoms with Crippen LogP contribution in [-0.4, -0.2) is 53.6 Å². The highest BCUT2D eigenvalue weighted by Crippen LogP contribution is 2.26. The van der Waals surface area contributed by atoms with Crippen LogP contribution in [0.4, 0.5) is 0 Å². The Bertz CT molecular complexity index is 890. The van der Waals surface area contributed by atoms with Crippen molar-refractivity contribution in [2.24, 2.45) is 0 Å². The Labute approximate surface area is 157 Å². The van der Waals surface area contributed by atoms with Gasteiger partial charge in [0.05, 0.1) is 30.8 Å². The van der Waals surface area contributed by atoms with Crippen LogP contribution >= 0.6 is 11.6 Å². The minimum absolute atomic E-state index is 0.446. The van der Waals surface area contributed by atoms with Gasteiger partial charge in [0.25, 0.3) is 0 Å². The minimum Gasteiger partial charge on any atom is -0.385 e. The lowest BCUT2D eigenvalue weighted by atomic mass is 10.2. The third kappa shape index (κ3) is 3.76. The lowest BCUT2D eigenvalue weighted by Gasteiger charge is -2.26. The first kappa shape index (κ1) is 17.5. The summed E-state index contributed by atoms with van der Waals surface area (Å²) < 4.78 is 7.51. The van der Waals surface area contributed by atoms with E-state index in [1.54, 1.807) is 0 Å². The molecule has 3 aromatic rings. The van der Waals surface area contributed by atoms with Gasteiger partial charge in [-0.3, -0.25) is 0 Å². The van der Waals surface area contributed by atoms with Crippen molar-refractivity contribution < 1.29 is 14.7 Å². The van der Waals surface area contributed by atoms with Crippen LogP contribution in [0.2, 0.25) is 5.02 Å². The molecule has 136 valence electrons. The molecule has 26 heavy (non-hydrogen) atoms. The fraction of sp³-hybridized carbons (Fsp3) is 0.350. The highest BCUT2D eigenvalue weighted by molar-refractivity contribution is 6.30. The molecular formula is C20H23ClN3O2+. The standard InChI is InChI=1S/C20H22ClN3O2/c21-16-5-3-4-15(12-16)20-22-18-6-1-2-7-19(18)24(20)14-17(25)13-23-8-10-26-11-9-23/h1-7,12,17,25H,8-11,13-14H2/p+1/t17-/m0/s1. The Morgan fingerprint density at radius 2 is 1.96 bits per heavy atom. The van der Waals surface area contributed by atoms with Crippen molar-refractivity contribution in [3.05, 3.63) is 53.6 Å². The number of nitrogens with one attached hydrogen (secondary N) is 1. The second kappa shape index (κ2) is 7.76. The highest BCUT2D eigenvalue weighted by atomic mass is 35.5. The van der Waals surface area contributed by atoms with E-state index in [9.17, 15) is 5.11 Å². The van der Waals surface area contributed by atoms with Crippen LogP contribution in [0.5, 0.6) is 0 Å². The van der Waals surface area contributed by atoms with Crippen molar-refractivity contribution in [3.8, 4) is 11.4 Å². The highest BCUT2D eigenvalue weighted by Gasteiger charge is 2.21. The summed E-state index contributed by atoms with van der Waals surface area (Å²) in [4.78, 5) is 6.18. The molecular weight excluding hydrogens is 350 g/mol. The monoisotopic (exact) mass is 372 g/mol. The van der Waals surface area contributed by atoms with Gasteiger partial charge < -0.3 is 19.3 Å². The second-order valence-electron chi connectivity index (χ2n) is 6.77.